The molecule has 47 heavy (non-hydrogen) atoms. The zero-order valence-electron chi connectivity index (χ0n) is 25.5. The summed E-state index contributed by atoms with van der Waals surface area (Å²) < 4.78 is 2.65. The van der Waals surface area contributed by atoms with E-state index in [9.17, 15) is 0 Å². The molecule has 0 aliphatic rings. The van der Waals surface area contributed by atoms with Gasteiger partial charge in [0.1, 0.15) is 0 Å². The number of benzene rings is 7. The molecule has 0 fully saturated rings. The first-order valence-corrected chi connectivity index (χ1v) is 16.6. The van der Waals surface area contributed by atoms with Crippen molar-refractivity contribution in [2.75, 3.05) is 0 Å². The highest BCUT2D eigenvalue weighted by atomic mass is 32.1. The molecular formula is C44H28N2S. The Kier molecular flexibility index (Phi) is 6.69. The molecule has 9 aromatic rings. The predicted octanol–water partition coefficient (Wildman–Crippen LogP) is 12.3. The molecule has 0 unspecified atom stereocenters. The van der Waals surface area contributed by atoms with Gasteiger partial charge in [0.2, 0.25) is 0 Å². The normalized spacial score (nSPS) is 11.4. The van der Waals surface area contributed by atoms with E-state index < -0.39 is 0 Å². The van der Waals surface area contributed by atoms with Crippen LogP contribution in [0.2, 0.25) is 0 Å². The summed E-state index contributed by atoms with van der Waals surface area (Å²) in [6.07, 6.45) is 0. The minimum absolute atomic E-state index is 0.713. The van der Waals surface area contributed by atoms with Crippen molar-refractivity contribution in [3.63, 3.8) is 0 Å². The molecule has 220 valence electrons. The molecule has 2 nitrogen and oxygen atoms in total. The Morgan fingerprint density at radius 3 is 1.60 bits per heavy atom. The minimum atomic E-state index is 0.713. The zero-order chi connectivity index (χ0) is 31.2. The Bertz CT molecular complexity index is 2500. The van der Waals surface area contributed by atoms with Crippen molar-refractivity contribution < 1.29 is 0 Å². The summed E-state index contributed by atoms with van der Waals surface area (Å²) in [5.41, 5.74) is 9.60. The van der Waals surface area contributed by atoms with Crippen LogP contribution in [0.25, 0.3) is 87.1 Å². The van der Waals surface area contributed by atoms with Crippen molar-refractivity contribution in [1.29, 1.82) is 0 Å². The average Bonchev–Trinajstić information content (AvgIpc) is 3.54. The fraction of sp³-hybridized carbons (Fsp3) is 0. The molecule has 0 spiro atoms. The third-order valence-corrected chi connectivity index (χ3v) is 10.1. The second kappa shape index (κ2) is 11.5. The molecule has 3 heteroatoms. The van der Waals surface area contributed by atoms with Crippen molar-refractivity contribution in [3.05, 3.63) is 170 Å². The number of thiophene rings is 1. The van der Waals surface area contributed by atoms with E-state index in [1.165, 1.54) is 42.1 Å². The highest BCUT2D eigenvalue weighted by molar-refractivity contribution is 7.26. The second-order valence-electron chi connectivity index (χ2n) is 11.8. The number of aromatic nitrogens is 2. The zero-order valence-corrected chi connectivity index (χ0v) is 26.3. The van der Waals surface area contributed by atoms with E-state index >= 15 is 0 Å². The topological polar surface area (TPSA) is 25.8 Å². The van der Waals surface area contributed by atoms with Crippen molar-refractivity contribution in [2.24, 2.45) is 0 Å². The smallest absolute Gasteiger partial charge is 0.160 e. The fourth-order valence-corrected chi connectivity index (χ4v) is 7.80. The molecule has 0 N–H and O–H groups in total. The van der Waals surface area contributed by atoms with Crippen LogP contribution < -0.4 is 0 Å². The average molecular weight is 617 g/mol. The number of hydrogen-bond donors (Lipinski definition) is 0. The van der Waals surface area contributed by atoms with Gasteiger partial charge >= 0.3 is 0 Å². The lowest BCUT2D eigenvalue weighted by atomic mass is 9.91. The van der Waals surface area contributed by atoms with Crippen LogP contribution in [0.15, 0.2) is 170 Å². The van der Waals surface area contributed by atoms with Crippen LogP contribution in [-0.2, 0) is 0 Å². The highest BCUT2D eigenvalue weighted by Crippen LogP contribution is 2.44. The van der Waals surface area contributed by atoms with Crippen molar-refractivity contribution >= 4 is 42.3 Å². The summed E-state index contributed by atoms with van der Waals surface area (Å²) in [4.78, 5) is 10.3. The van der Waals surface area contributed by atoms with Crippen LogP contribution >= 0.6 is 11.3 Å². The number of rotatable bonds is 5. The number of fused-ring (bicyclic) bond motifs is 5. The number of hydrogen-bond acceptors (Lipinski definition) is 3. The molecular weight excluding hydrogens is 589 g/mol. The lowest BCUT2D eigenvalue weighted by Crippen LogP contribution is -1.96. The van der Waals surface area contributed by atoms with Gasteiger partial charge in [-0.15, -0.1) is 11.3 Å². The summed E-state index contributed by atoms with van der Waals surface area (Å²) in [6, 6.07) is 60.3. The SMILES string of the molecule is c1ccc(-c2cc(-c3cc(-c4ccccc4)nc(-c4ccccc4)n3)cc(-c3cc4c5ccccc5sc4c4ccccc34)c2)cc1. The van der Waals surface area contributed by atoms with E-state index in [4.69, 9.17) is 9.97 Å². The highest BCUT2D eigenvalue weighted by Gasteiger charge is 2.17. The van der Waals surface area contributed by atoms with Crippen molar-refractivity contribution in [2.45, 2.75) is 0 Å². The summed E-state index contributed by atoms with van der Waals surface area (Å²) in [5.74, 6) is 0.713. The second-order valence-corrected chi connectivity index (χ2v) is 12.9. The number of nitrogens with zero attached hydrogens (tertiary/aromatic N) is 2. The third-order valence-electron chi connectivity index (χ3n) is 8.86. The van der Waals surface area contributed by atoms with Gasteiger partial charge in [-0.05, 0) is 64.0 Å². The maximum absolute atomic E-state index is 5.20. The van der Waals surface area contributed by atoms with Crippen LogP contribution in [0.5, 0.6) is 0 Å². The van der Waals surface area contributed by atoms with Crippen molar-refractivity contribution in [3.8, 4) is 56.2 Å². The lowest BCUT2D eigenvalue weighted by Gasteiger charge is -2.15. The third kappa shape index (κ3) is 4.98. The van der Waals surface area contributed by atoms with Gasteiger partial charge in [-0.3, -0.25) is 0 Å². The maximum Gasteiger partial charge on any atom is 0.160 e. The van der Waals surface area contributed by atoms with E-state index in [0.717, 1.165) is 39.2 Å². The molecule has 0 saturated heterocycles. The minimum Gasteiger partial charge on any atom is -0.228 e. The first kappa shape index (κ1) is 27.4. The molecule has 0 amide bonds. The Morgan fingerprint density at radius 2 is 0.872 bits per heavy atom. The van der Waals surface area contributed by atoms with Gasteiger partial charge in [-0.2, -0.15) is 0 Å². The Morgan fingerprint density at radius 1 is 0.340 bits per heavy atom. The van der Waals surface area contributed by atoms with E-state index in [1.807, 2.05) is 35.6 Å². The molecule has 0 radical (unpaired) electrons. The van der Waals surface area contributed by atoms with Gasteiger partial charge in [-0.25, -0.2) is 9.97 Å². The van der Waals surface area contributed by atoms with Crippen LogP contribution in [-0.4, -0.2) is 9.97 Å². The quantitative estimate of drug-likeness (QED) is 0.192. The molecule has 2 aromatic heterocycles. The first-order chi connectivity index (χ1) is 23.3. The van der Waals surface area contributed by atoms with Gasteiger partial charge in [0.15, 0.2) is 5.82 Å². The van der Waals surface area contributed by atoms with E-state index in [0.29, 0.717) is 5.82 Å². The van der Waals surface area contributed by atoms with Gasteiger partial charge in [-0.1, -0.05) is 133 Å². The van der Waals surface area contributed by atoms with Crippen LogP contribution in [0, 0.1) is 0 Å². The maximum atomic E-state index is 5.20. The Hall–Kier alpha value is -5.90. The Balaban J connectivity index is 1.33. The summed E-state index contributed by atoms with van der Waals surface area (Å²) in [5, 5.41) is 5.13. The largest absolute Gasteiger partial charge is 0.228 e. The predicted molar refractivity (Wildman–Crippen MR) is 200 cm³/mol. The first-order valence-electron chi connectivity index (χ1n) is 15.8. The molecule has 0 bridgehead atoms. The summed E-state index contributed by atoms with van der Waals surface area (Å²) in [7, 11) is 0. The standard InChI is InChI=1S/C44H28N2S/c1-4-14-29(15-5-1)32-24-33(38-27-39-36-21-12-13-23-42(36)47-43(39)37-22-11-10-20-35(37)38)26-34(25-32)41-28-40(30-16-6-2-7-17-30)45-44(46-41)31-18-8-3-9-19-31/h1-28H. The lowest BCUT2D eigenvalue weighted by molar-refractivity contribution is 1.18. The van der Waals surface area contributed by atoms with Gasteiger partial charge in [0, 0.05) is 42.2 Å². The fourth-order valence-electron chi connectivity index (χ4n) is 6.58. The van der Waals surface area contributed by atoms with E-state index in [1.54, 1.807) is 0 Å². The Labute approximate surface area is 277 Å². The molecule has 0 atom stereocenters. The van der Waals surface area contributed by atoms with Gasteiger partial charge < -0.3 is 0 Å². The summed E-state index contributed by atoms with van der Waals surface area (Å²) in [6.45, 7) is 0. The van der Waals surface area contributed by atoms with Gasteiger partial charge in [0.05, 0.1) is 11.4 Å². The molecule has 2 heterocycles. The molecule has 0 aliphatic carbocycles. The van der Waals surface area contributed by atoms with E-state index in [2.05, 4.69) is 146 Å². The monoisotopic (exact) mass is 616 g/mol. The summed E-state index contributed by atoms with van der Waals surface area (Å²) >= 11 is 1.88. The molecule has 7 aromatic carbocycles. The molecule has 9 rings (SSSR count). The van der Waals surface area contributed by atoms with Crippen LogP contribution in [0.1, 0.15) is 0 Å². The van der Waals surface area contributed by atoms with E-state index in [-0.39, 0.29) is 0 Å². The van der Waals surface area contributed by atoms with Crippen molar-refractivity contribution in [1.82, 2.24) is 9.97 Å². The molecule has 0 aliphatic heterocycles. The van der Waals surface area contributed by atoms with Gasteiger partial charge in [0.25, 0.3) is 0 Å². The molecule has 0 saturated carbocycles. The van der Waals surface area contributed by atoms with Crippen LogP contribution in [0.4, 0.5) is 0 Å². The van der Waals surface area contributed by atoms with Crippen LogP contribution in [0.3, 0.4) is 0 Å².